The van der Waals surface area contributed by atoms with Crippen molar-refractivity contribution < 1.29 is 9.53 Å². The standard InChI is InChI=1S/C11H22N2O2S/c1-11(5-3-6-15-8-11)13-10(14)9(12)4-7-16-2/h9H,3-8,12H2,1-2H3,(H,13,14)/t9-,11?/m1/s1. The fourth-order valence-corrected chi connectivity index (χ4v) is 2.29. The third-order valence-electron chi connectivity index (χ3n) is 2.83. The fourth-order valence-electron chi connectivity index (χ4n) is 1.80. The zero-order valence-electron chi connectivity index (χ0n) is 10.1. The first-order valence-corrected chi connectivity index (χ1v) is 7.11. The van der Waals surface area contributed by atoms with Crippen molar-refractivity contribution in [2.75, 3.05) is 25.2 Å². The van der Waals surface area contributed by atoms with E-state index >= 15 is 0 Å². The molecule has 4 nitrogen and oxygen atoms in total. The SMILES string of the molecule is CSCC[C@@H](N)C(=O)NC1(C)CCCOC1. The van der Waals surface area contributed by atoms with Gasteiger partial charge in [-0.15, -0.1) is 0 Å². The summed E-state index contributed by atoms with van der Waals surface area (Å²) in [6.45, 7) is 3.41. The summed E-state index contributed by atoms with van der Waals surface area (Å²) >= 11 is 1.71. The van der Waals surface area contributed by atoms with Crippen LogP contribution in [-0.2, 0) is 9.53 Å². The summed E-state index contributed by atoms with van der Waals surface area (Å²) in [7, 11) is 0. The Balaban J connectivity index is 2.36. The number of nitrogens with two attached hydrogens (primary N) is 1. The van der Waals surface area contributed by atoms with Crippen LogP contribution in [0.2, 0.25) is 0 Å². The molecule has 1 unspecified atom stereocenters. The van der Waals surface area contributed by atoms with Gasteiger partial charge in [0.2, 0.25) is 5.91 Å². The van der Waals surface area contributed by atoms with Crippen LogP contribution in [0.4, 0.5) is 0 Å². The molecule has 1 rings (SSSR count). The molecule has 0 radical (unpaired) electrons. The van der Waals surface area contributed by atoms with E-state index in [0.29, 0.717) is 6.61 Å². The maximum absolute atomic E-state index is 11.8. The summed E-state index contributed by atoms with van der Waals surface area (Å²) in [4.78, 5) is 11.8. The number of rotatable bonds is 5. The van der Waals surface area contributed by atoms with Gasteiger partial charge < -0.3 is 15.8 Å². The topological polar surface area (TPSA) is 64.4 Å². The van der Waals surface area contributed by atoms with Crippen molar-refractivity contribution in [2.45, 2.75) is 37.8 Å². The van der Waals surface area contributed by atoms with E-state index in [1.165, 1.54) is 0 Å². The molecule has 3 N–H and O–H groups in total. The van der Waals surface area contributed by atoms with E-state index in [-0.39, 0.29) is 11.4 Å². The number of thioether (sulfide) groups is 1. The van der Waals surface area contributed by atoms with Crippen LogP contribution >= 0.6 is 11.8 Å². The summed E-state index contributed by atoms with van der Waals surface area (Å²) in [6.07, 6.45) is 4.70. The lowest BCUT2D eigenvalue weighted by Gasteiger charge is -2.35. The lowest BCUT2D eigenvalue weighted by atomic mass is 9.94. The minimum Gasteiger partial charge on any atom is -0.379 e. The zero-order valence-corrected chi connectivity index (χ0v) is 10.9. The molecule has 0 aliphatic carbocycles. The third kappa shape index (κ3) is 4.31. The summed E-state index contributed by atoms with van der Waals surface area (Å²) < 4.78 is 5.39. The molecule has 1 aliphatic rings. The van der Waals surface area contributed by atoms with E-state index in [9.17, 15) is 4.79 Å². The van der Waals surface area contributed by atoms with E-state index in [2.05, 4.69) is 5.32 Å². The highest BCUT2D eigenvalue weighted by Gasteiger charge is 2.30. The van der Waals surface area contributed by atoms with Gasteiger partial charge in [0, 0.05) is 6.61 Å². The number of hydrogen-bond acceptors (Lipinski definition) is 4. The quantitative estimate of drug-likeness (QED) is 0.751. The first-order chi connectivity index (χ1) is 7.57. The Kier molecular flexibility index (Phi) is 5.58. The van der Waals surface area contributed by atoms with Crippen molar-refractivity contribution in [1.29, 1.82) is 0 Å². The highest BCUT2D eigenvalue weighted by molar-refractivity contribution is 7.98. The Labute approximate surface area is 102 Å². The first-order valence-electron chi connectivity index (χ1n) is 5.72. The van der Waals surface area contributed by atoms with Gasteiger partial charge in [0.15, 0.2) is 0 Å². The molecule has 0 aromatic rings. The van der Waals surface area contributed by atoms with Gasteiger partial charge >= 0.3 is 0 Å². The smallest absolute Gasteiger partial charge is 0.237 e. The minimum atomic E-state index is -0.397. The maximum Gasteiger partial charge on any atom is 0.237 e. The van der Waals surface area contributed by atoms with Crippen LogP contribution in [0.5, 0.6) is 0 Å². The molecule has 0 aromatic carbocycles. The van der Waals surface area contributed by atoms with Crippen molar-refractivity contribution in [3.63, 3.8) is 0 Å². The zero-order chi connectivity index (χ0) is 12.0. The van der Waals surface area contributed by atoms with Crippen LogP contribution in [0.15, 0.2) is 0 Å². The van der Waals surface area contributed by atoms with Crippen LogP contribution in [0, 0.1) is 0 Å². The number of nitrogens with one attached hydrogen (secondary N) is 1. The minimum absolute atomic E-state index is 0.0537. The fraction of sp³-hybridized carbons (Fsp3) is 0.909. The summed E-state index contributed by atoms with van der Waals surface area (Å²) in [6, 6.07) is -0.397. The average molecular weight is 246 g/mol. The molecule has 1 heterocycles. The predicted octanol–water partition coefficient (Wildman–Crippen LogP) is 0.752. The van der Waals surface area contributed by atoms with Gasteiger partial charge in [0.05, 0.1) is 18.2 Å². The average Bonchev–Trinajstić information content (AvgIpc) is 2.26. The van der Waals surface area contributed by atoms with Crippen molar-refractivity contribution in [1.82, 2.24) is 5.32 Å². The van der Waals surface area contributed by atoms with E-state index in [1.54, 1.807) is 11.8 Å². The van der Waals surface area contributed by atoms with E-state index in [1.807, 2.05) is 13.2 Å². The van der Waals surface area contributed by atoms with Crippen molar-refractivity contribution >= 4 is 17.7 Å². The van der Waals surface area contributed by atoms with Gasteiger partial charge in [-0.05, 0) is 38.2 Å². The Hall–Kier alpha value is -0.260. The third-order valence-corrected chi connectivity index (χ3v) is 3.48. The Bertz CT molecular complexity index is 230. The molecule has 5 heteroatoms. The summed E-state index contributed by atoms with van der Waals surface area (Å²) in [5, 5.41) is 3.01. The van der Waals surface area contributed by atoms with E-state index in [0.717, 1.165) is 31.6 Å². The van der Waals surface area contributed by atoms with Crippen LogP contribution in [0.1, 0.15) is 26.2 Å². The molecule has 94 valence electrons. The molecule has 0 spiro atoms. The second-order valence-corrected chi connectivity index (χ2v) is 5.58. The van der Waals surface area contributed by atoms with Crippen molar-refractivity contribution in [3.8, 4) is 0 Å². The van der Waals surface area contributed by atoms with Gasteiger partial charge in [-0.25, -0.2) is 0 Å². The molecule has 0 aromatic heterocycles. The molecule has 16 heavy (non-hydrogen) atoms. The van der Waals surface area contributed by atoms with Crippen LogP contribution in [0.25, 0.3) is 0 Å². The number of ether oxygens (including phenoxy) is 1. The number of amides is 1. The second-order valence-electron chi connectivity index (χ2n) is 4.59. The van der Waals surface area contributed by atoms with Crippen LogP contribution in [0.3, 0.4) is 0 Å². The van der Waals surface area contributed by atoms with Crippen molar-refractivity contribution in [2.24, 2.45) is 5.73 Å². The van der Waals surface area contributed by atoms with Crippen LogP contribution < -0.4 is 11.1 Å². The first kappa shape index (κ1) is 13.8. The van der Waals surface area contributed by atoms with Gasteiger partial charge in [-0.1, -0.05) is 0 Å². The lowest BCUT2D eigenvalue weighted by molar-refractivity contribution is -0.125. The molecule has 0 saturated carbocycles. The second kappa shape index (κ2) is 6.47. The normalized spacial score (nSPS) is 27.4. The van der Waals surface area contributed by atoms with Gasteiger partial charge in [-0.3, -0.25) is 4.79 Å². The molecule has 1 saturated heterocycles. The molecule has 1 amide bonds. The van der Waals surface area contributed by atoms with Crippen molar-refractivity contribution in [3.05, 3.63) is 0 Å². The molecular weight excluding hydrogens is 224 g/mol. The van der Waals surface area contributed by atoms with Gasteiger partial charge in [-0.2, -0.15) is 11.8 Å². The highest BCUT2D eigenvalue weighted by atomic mass is 32.2. The van der Waals surface area contributed by atoms with Crippen LogP contribution in [-0.4, -0.2) is 42.7 Å². The number of hydrogen-bond donors (Lipinski definition) is 2. The molecule has 2 atom stereocenters. The molecule has 1 aliphatic heterocycles. The highest BCUT2D eigenvalue weighted by Crippen LogP contribution is 2.18. The molecular formula is C11H22N2O2S. The summed E-state index contributed by atoms with van der Waals surface area (Å²) in [5.74, 6) is 0.865. The lowest BCUT2D eigenvalue weighted by Crippen LogP contribution is -2.55. The number of carbonyl (C=O) groups excluding carboxylic acids is 1. The Morgan fingerprint density at radius 2 is 2.44 bits per heavy atom. The summed E-state index contributed by atoms with van der Waals surface area (Å²) in [5.41, 5.74) is 5.58. The van der Waals surface area contributed by atoms with E-state index < -0.39 is 6.04 Å². The van der Waals surface area contributed by atoms with Gasteiger partial charge in [0.25, 0.3) is 0 Å². The van der Waals surface area contributed by atoms with Gasteiger partial charge in [0.1, 0.15) is 0 Å². The molecule has 1 fully saturated rings. The largest absolute Gasteiger partial charge is 0.379 e. The van der Waals surface area contributed by atoms with E-state index in [4.69, 9.17) is 10.5 Å². The monoisotopic (exact) mass is 246 g/mol. The Morgan fingerprint density at radius 1 is 1.69 bits per heavy atom. The predicted molar refractivity (Wildman–Crippen MR) is 67.6 cm³/mol. The Morgan fingerprint density at radius 3 is 3.00 bits per heavy atom. The maximum atomic E-state index is 11.8. The molecule has 0 bridgehead atoms. The number of carbonyl (C=O) groups is 1.